The molecule has 3 atom stereocenters. The van der Waals surface area contributed by atoms with Gasteiger partial charge in [0.1, 0.15) is 30.0 Å². The minimum atomic E-state index is -0.797. The molecule has 5 rings (SSSR count). The molecule has 3 aromatic rings. The summed E-state index contributed by atoms with van der Waals surface area (Å²) in [6, 6.07) is 9.89. The van der Waals surface area contributed by atoms with E-state index in [0.29, 0.717) is 47.5 Å². The van der Waals surface area contributed by atoms with Crippen molar-refractivity contribution in [3.05, 3.63) is 42.7 Å². The van der Waals surface area contributed by atoms with Crippen molar-refractivity contribution in [1.29, 1.82) is 0 Å². The summed E-state index contributed by atoms with van der Waals surface area (Å²) < 4.78 is 5.64. The standard InChI is InChI=1S/C34H46N8O4/c1-21(35-5)31(43)40-29(34(2,3)4)33(45)42-17-9-10-27(42)32(44)39-26-18-24-25(19-28(26)46-6)36-20-37-30(24)38-22-11-13-23(14-12-22)41-15-7-8-16-41/h11-14,18-21,27,29,35H,7-10,15-17H2,1-6H3,(H,39,44)(H,40,43)(H,36,37,38)/t21-,27?,29+/m0/s1. The van der Waals surface area contributed by atoms with Crippen molar-refractivity contribution in [1.82, 2.24) is 25.5 Å². The van der Waals surface area contributed by atoms with Gasteiger partial charge in [-0.05, 0) is 75.4 Å². The fraction of sp³-hybridized carbons (Fsp3) is 0.500. The molecule has 46 heavy (non-hydrogen) atoms. The molecule has 0 aliphatic carbocycles. The van der Waals surface area contributed by atoms with Crippen LogP contribution in [0.3, 0.4) is 0 Å². The van der Waals surface area contributed by atoms with E-state index < -0.39 is 23.5 Å². The van der Waals surface area contributed by atoms with E-state index in [1.807, 2.05) is 32.9 Å². The lowest BCUT2D eigenvalue weighted by Crippen LogP contribution is -2.59. The Bertz CT molecular complexity index is 1570. The van der Waals surface area contributed by atoms with Gasteiger partial charge in [-0.15, -0.1) is 0 Å². The number of hydrogen-bond donors (Lipinski definition) is 4. The molecule has 2 saturated heterocycles. The first kappa shape index (κ1) is 32.9. The van der Waals surface area contributed by atoms with Gasteiger partial charge in [-0.3, -0.25) is 14.4 Å². The summed E-state index contributed by atoms with van der Waals surface area (Å²) in [7, 11) is 3.23. The topological polar surface area (TPSA) is 141 Å². The minimum Gasteiger partial charge on any atom is -0.494 e. The van der Waals surface area contributed by atoms with Gasteiger partial charge in [-0.2, -0.15) is 0 Å². The monoisotopic (exact) mass is 630 g/mol. The van der Waals surface area contributed by atoms with Crippen LogP contribution in [-0.2, 0) is 14.4 Å². The number of fused-ring (bicyclic) bond motifs is 1. The zero-order valence-electron chi connectivity index (χ0n) is 27.6. The number of likely N-dealkylation sites (tertiary alicyclic amines) is 1. The predicted molar refractivity (Wildman–Crippen MR) is 181 cm³/mol. The number of rotatable bonds is 10. The molecule has 2 fully saturated rings. The largest absolute Gasteiger partial charge is 0.494 e. The summed E-state index contributed by atoms with van der Waals surface area (Å²) in [4.78, 5) is 53.3. The molecule has 1 unspecified atom stereocenters. The fourth-order valence-corrected chi connectivity index (χ4v) is 6.05. The van der Waals surface area contributed by atoms with Crippen LogP contribution in [0.1, 0.15) is 53.4 Å². The zero-order valence-corrected chi connectivity index (χ0v) is 27.6. The van der Waals surface area contributed by atoms with Crippen molar-refractivity contribution >= 4 is 51.5 Å². The number of carbonyl (C=O) groups is 3. The Hall–Kier alpha value is -4.45. The van der Waals surface area contributed by atoms with Gasteiger partial charge < -0.3 is 35.8 Å². The number of anilines is 4. The Kier molecular flexibility index (Phi) is 9.95. The van der Waals surface area contributed by atoms with Crippen LogP contribution in [0.4, 0.5) is 22.9 Å². The Morgan fingerprint density at radius 3 is 2.37 bits per heavy atom. The Morgan fingerprint density at radius 2 is 1.72 bits per heavy atom. The van der Waals surface area contributed by atoms with Crippen LogP contribution in [0.15, 0.2) is 42.7 Å². The number of aromatic nitrogens is 2. The Labute approximate surface area is 270 Å². The van der Waals surface area contributed by atoms with E-state index in [2.05, 4.69) is 48.3 Å². The molecule has 12 nitrogen and oxygen atoms in total. The number of ether oxygens (including phenoxy) is 1. The summed E-state index contributed by atoms with van der Waals surface area (Å²) in [5, 5.41) is 12.9. The number of benzene rings is 2. The van der Waals surface area contributed by atoms with Crippen molar-refractivity contribution < 1.29 is 19.1 Å². The smallest absolute Gasteiger partial charge is 0.247 e. The van der Waals surface area contributed by atoms with E-state index in [0.717, 1.165) is 18.8 Å². The quantitative estimate of drug-likeness (QED) is 0.261. The third-order valence-electron chi connectivity index (χ3n) is 8.88. The first-order valence-electron chi connectivity index (χ1n) is 16.0. The summed E-state index contributed by atoms with van der Waals surface area (Å²) in [6.07, 6.45) is 5.11. The highest BCUT2D eigenvalue weighted by Crippen LogP contribution is 2.34. The maximum atomic E-state index is 13.9. The lowest BCUT2D eigenvalue weighted by atomic mass is 9.85. The summed E-state index contributed by atoms with van der Waals surface area (Å²) >= 11 is 0. The molecule has 2 aliphatic rings. The summed E-state index contributed by atoms with van der Waals surface area (Å²) in [6.45, 7) is 10.0. The number of likely N-dealkylation sites (N-methyl/N-ethyl adjacent to an activating group) is 1. The normalized spacial score (nSPS) is 17.9. The maximum Gasteiger partial charge on any atom is 0.247 e. The van der Waals surface area contributed by atoms with Crippen molar-refractivity contribution in [3.8, 4) is 5.75 Å². The predicted octanol–water partition coefficient (Wildman–Crippen LogP) is 4.05. The number of nitrogens with zero attached hydrogens (tertiary/aromatic N) is 4. The Balaban J connectivity index is 1.36. The van der Waals surface area contributed by atoms with Gasteiger partial charge in [-0.25, -0.2) is 9.97 Å². The summed E-state index contributed by atoms with van der Waals surface area (Å²) in [5.41, 5.74) is 2.62. The average molecular weight is 631 g/mol. The maximum absolute atomic E-state index is 13.9. The highest BCUT2D eigenvalue weighted by atomic mass is 16.5. The van der Waals surface area contributed by atoms with Crippen LogP contribution in [0.25, 0.3) is 10.9 Å². The molecule has 1 aromatic heterocycles. The lowest BCUT2D eigenvalue weighted by molar-refractivity contribution is -0.143. The lowest BCUT2D eigenvalue weighted by Gasteiger charge is -2.36. The van der Waals surface area contributed by atoms with E-state index >= 15 is 0 Å². The van der Waals surface area contributed by atoms with E-state index in [-0.39, 0.29) is 17.7 Å². The molecule has 0 radical (unpaired) electrons. The first-order valence-corrected chi connectivity index (χ1v) is 16.0. The number of methoxy groups -OCH3 is 1. The van der Waals surface area contributed by atoms with E-state index in [4.69, 9.17) is 4.74 Å². The SMILES string of the molecule is CN[C@@H](C)C(=O)N[C@H](C(=O)N1CCCC1C(=O)Nc1cc2c(Nc3ccc(N4CCCC4)cc3)ncnc2cc1OC)C(C)(C)C. The summed E-state index contributed by atoms with van der Waals surface area (Å²) in [5.74, 6) is 0.162. The van der Waals surface area contributed by atoms with Crippen LogP contribution in [0.2, 0.25) is 0 Å². The molecule has 246 valence electrons. The van der Waals surface area contributed by atoms with Crippen molar-refractivity contribution in [3.63, 3.8) is 0 Å². The van der Waals surface area contributed by atoms with Crippen molar-refractivity contribution in [2.45, 2.75) is 71.5 Å². The number of carbonyl (C=O) groups excluding carboxylic acids is 3. The van der Waals surface area contributed by atoms with E-state index in [1.165, 1.54) is 32.0 Å². The second kappa shape index (κ2) is 13.9. The van der Waals surface area contributed by atoms with Gasteiger partial charge in [0, 0.05) is 42.5 Å². The first-order chi connectivity index (χ1) is 22.0. The number of nitrogens with one attached hydrogen (secondary N) is 4. The molecule has 0 bridgehead atoms. The van der Waals surface area contributed by atoms with Crippen molar-refractivity contribution in [2.24, 2.45) is 5.41 Å². The van der Waals surface area contributed by atoms with Crippen molar-refractivity contribution in [2.75, 3.05) is 49.3 Å². The van der Waals surface area contributed by atoms with E-state index in [9.17, 15) is 14.4 Å². The van der Waals surface area contributed by atoms with Gasteiger partial charge in [-0.1, -0.05) is 20.8 Å². The van der Waals surface area contributed by atoms with Gasteiger partial charge in [0.25, 0.3) is 0 Å². The van der Waals surface area contributed by atoms with Crippen LogP contribution < -0.4 is 30.9 Å². The molecule has 3 amide bonds. The highest BCUT2D eigenvalue weighted by molar-refractivity contribution is 6.03. The number of amides is 3. The molecule has 3 heterocycles. The number of hydrogen-bond acceptors (Lipinski definition) is 9. The molecular weight excluding hydrogens is 584 g/mol. The second-order valence-electron chi connectivity index (χ2n) is 13.2. The van der Waals surface area contributed by atoms with Gasteiger partial charge >= 0.3 is 0 Å². The van der Waals surface area contributed by atoms with Crippen LogP contribution >= 0.6 is 0 Å². The van der Waals surface area contributed by atoms with Crippen LogP contribution in [0, 0.1) is 5.41 Å². The molecule has 0 saturated carbocycles. The highest BCUT2D eigenvalue weighted by Gasteiger charge is 2.42. The van der Waals surface area contributed by atoms with Crippen LogP contribution in [-0.4, -0.2) is 84.5 Å². The minimum absolute atomic E-state index is 0.272. The zero-order chi connectivity index (χ0) is 33.0. The molecule has 4 N–H and O–H groups in total. The van der Waals surface area contributed by atoms with Gasteiger partial charge in [0.2, 0.25) is 17.7 Å². The fourth-order valence-electron chi connectivity index (χ4n) is 6.05. The van der Waals surface area contributed by atoms with Crippen LogP contribution in [0.5, 0.6) is 5.75 Å². The molecule has 12 heteroatoms. The average Bonchev–Trinajstić information content (AvgIpc) is 3.76. The van der Waals surface area contributed by atoms with Gasteiger partial charge in [0.15, 0.2) is 0 Å². The third-order valence-corrected chi connectivity index (χ3v) is 8.88. The molecule has 0 spiro atoms. The third kappa shape index (κ3) is 7.17. The van der Waals surface area contributed by atoms with Gasteiger partial charge in [0.05, 0.1) is 24.4 Å². The van der Waals surface area contributed by atoms with E-state index in [1.54, 1.807) is 31.0 Å². The second-order valence-corrected chi connectivity index (χ2v) is 13.2. The molecule has 2 aliphatic heterocycles. The Morgan fingerprint density at radius 1 is 1.00 bits per heavy atom. The molecular formula is C34H46N8O4. The molecule has 2 aromatic carbocycles.